The van der Waals surface area contributed by atoms with E-state index < -0.39 is 11.5 Å². The summed E-state index contributed by atoms with van der Waals surface area (Å²) >= 11 is 0. The lowest BCUT2D eigenvalue weighted by Gasteiger charge is -2.04. The van der Waals surface area contributed by atoms with Crippen molar-refractivity contribution in [3.8, 4) is 0 Å². The van der Waals surface area contributed by atoms with Crippen LogP contribution in [-0.2, 0) is 11.3 Å². The summed E-state index contributed by atoms with van der Waals surface area (Å²) in [5.74, 6) is -0.691. The van der Waals surface area contributed by atoms with Gasteiger partial charge < -0.3 is 9.67 Å². The monoisotopic (exact) mass is 245 g/mol. The molecule has 0 atom stereocenters. The van der Waals surface area contributed by atoms with Crippen LogP contribution >= 0.6 is 0 Å². The number of carbonyl (C=O) groups is 1. The number of carboxylic acids is 1. The van der Waals surface area contributed by atoms with Crippen molar-refractivity contribution in [1.82, 2.24) is 24.1 Å². The van der Waals surface area contributed by atoms with Gasteiger partial charge in [0.25, 0.3) is 11.3 Å². The minimum Gasteiger partial charge on any atom is -0.480 e. The first kappa shape index (κ1) is 10.4. The Morgan fingerprint density at radius 3 is 3.00 bits per heavy atom. The molecule has 8 nitrogen and oxygen atoms in total. The topological polar surface area (TPSA) is 102 Å². The third-order valence-electron chi connectivity index (χ3n) is 2.55. The minimum atomic E-state index is -1.08. The Bertz CT molecular complexity index is 819. The molecule has 0 aromatic carbocycles. The Labute approximate surface area is 99.1 Å². The molecule has 0 saturated carbocycles. The van der Waals surface area contributed by atoms with Gasteiger partial charge in [-0.1, -0.05) is 0 Å². The zero-order valence-corrected chi connectivity index (χ0v) is 9.02. The van der Waals surface area contributed by atoms with Crippen LogP contribution in [-0.4, -0.2) is 35.2 Å². The molecule has 0 bridgehead atoms. The molecule has 0 aliphatic rings. The molecule has 3 heterocycles. The highest BCUT2D eigenvalue weighted by molar-refractivity contribution is 5.78. The minimum absolute atomic E-state index is 0.303. The van der Waals surface area contributed by atoms with Crippen molar-refractivity contribution >= 4 is 22.6 Å². The second-order valence-corrected chi connectivity index (χ2v) is 3.67. The summed E-state index contributed by atoms with van der Waals surface area (Å²) in [5, 5.41) is 13.0. The first-order chi connectivity index (χ1) is 8.66. The van der Waals surface area contributed by atoms with Crippen LogP contribution < -0.4 is 5.56 Å². The molecule has 0 amide bonds. The van der Waals surface area contributed by atoms with Gasteiger partial charge in [0, 0.05) is 12.4 Å². The van der Waals surface area contributed by atoms with Gasteiger partial charge in [-0.25, -0.2) is 4.98 Å². The molecule has 8 heteroatoms. The van der Waals surface area contributed by atoms with Gasteiger partial charge in [-0.05, 0) is 6.07 Å². The summed E-state index contributed by atoms with van der Waals surface area (Å²) in [5.41, 5.74) is 0.129. The molecule has 18 heavy (non-hydrogen) atoms. The first-order valence-electron chi connectivity index (χ1n) is 5.06. The van der Waals surface area contributed by atoms with Crippen molar-refractivity contribution in [3.63, 3.8) is 0 Å². The average Bonchev–Trinajstić information content (AvgIpc) is 2.80. The summed E-state index contributed by atoms with van der Waals surface area (Å²) in [6.07, 6.45) is 4.13. The van der Waals surface area contributed by atoms with Gasteiger partial charge in [-0.3, -0.25) is 9.59 Å². The molecule has 90 valence electrons. The predicted octanol–water partition coefficient (Wildman–Crippen LogP) is -0.476. The molecule has 0 saturated heterocycles. The van der Waals surface area contributed by atoms with Crippen molar-refractivity contribution in [1.29, 1.82) is 0 Å². The van der Waals surface area contributed by atoms with E-state index in [1.54, 1.807) is 6.07 Å². The predicted molar refractivity (Wildman–Crippen MR) is 60.2 cm³/mol. The van der Waals surface area contributed by atoms with Crippen LogP contribution in [0.25, 0.3) is 16.7 Å². The van der Waals surface area contributed by atoms with Gasteiger partial charge in [-0.2, -0.15) is 14.6 Å². The smallest absolute Gasteiger partial charge is 0.323 e. The molecular weight excluding hydrogens is 238 g/mol. The SMILES string of the molecule is O=C(O)Cn1ccc2c(cnc3ncnn32)c1=O. The fourth-order valence-electron chi connectivity index (χ4n) is 1.77. The van der Waals surface area contributed by atoms with E-state index in [0.717, 1.165) is 4.57 Å². The lowest BCUT2D eigenvalue weighted by molar-refractivity contribution is -0.137. The molecule has 3 rings (SSSR count). The van der Waals surface area contributed by atoms with Crippen LogP contribution in [0.4, 0.5) is 0 Å². The standard InChI is InChI=1S/C10H7N5O3/c16-8(17)4-14-2-1-7-6(9(14)18)3-11-10-12-5-13-15(7)10/h1-3,5H,4H2,(H,16,17). The van der Waals surface area contributed by atoms with Gasteiger partial charge in [0.05, 0.1) is 10.9 Å². The van der Waals surface area contributed by atoms with Crippen molar-refractivity contribution in [2.24, 2.45) is 0 Å². The third kappa shape index (κ3) is 1.43. The van der Waals surface area contributed by atoms with E-state index in [-0.39, 0.29) is 6.54 Å². The number of aromatic nitrogens is 5. The highest BCUT2D eigenvalue weighted by atomic mass is 16.4. The molecule has 3 aromatic rings. The molecule has 0 spiro atoms. The normalized spacial score (nSPS) is 11.1. The lowest BCUT2D eigenvalue weighted by atomic mass is 10.3. The highest BCUT2D eigenvalue weighted by Gasteiger charge is 2.09. The Hall–Kier alpha value is -2.77. The van der Waals surface area contributed by atoms with E-state index in [2.05, 4.69) is 15.1 Å². The van der Waals surface area contributed by atoms with Crippen LogP contribution in [0.15, 0.2) is 29.6 Å². The van der Waals surface area contributed by atoms with Crippen LogP contribution in [0.1, 0.15) is 0 Å². The summed E-state index contributed by atoms with van der Waals surface area (Å²) in [4.78, 5) is 30.5. The molecule has 0 unspecified atom stereocenters. The quantitative estimate of drug-likeness (QED) is 0.654. The number of nitrogens with zero attached hydrogens (tertiary/aromatic N) is 5. The Kier molecular flexibility index (Phi) is 2.09. The number of pyridine rings is 1. The van der Waals surface area contributed by atoms with Crippen LogP contribution in [0.2, 0.25) is 0 Å². The third-order valence-corrected chi connectivity index (χ3v) is 2.55. The summed E-state index contributed by atoms with van der Waals surface area (Å²) in [6.45, 7) is -0.385. The molecule has 3 aromatic heterocycles. The van der Waals surface area contributed by atoms with E-state index in [9.17, 15) is 9.59 Å². The van der Waals surface area contributed by atoms with E-state index in [1.807, 2.05) is 0 Å². The zero-order valence-electron chi connectivity index (χ0n) is 9.02. The van der Waals surface area contributed by atoms with Crippen molar-refractivity contribution in [2.45, 2.75) is 6.54 Å². The average molecular weight is 245 g/mol. The lowest BCUT2D eigenvalue weighted by Crippen LogP contribution is -2.24. The van der Waals surface area contributed by atoms with E-state index in [0.29, 0.717) is 16.7 Å². The summed E-state index contributed by atoms with van der Waals surface area (Å²) in [6, 6.07) is 1.61. The summed E-state index contributed by atoms with van der Waals surface area (Å²) in [7, 11) is 0. The fourth-order valence-corrected chi connectivity index (χ4v) is 1.77. The molecule has 1 N–H and O–H groups in total. The van der Waals surface area contributed by atoms with Crippen LogP contribution in [0, 0.1) is 0 Å². The zero-order chi connectivity index (χ0) is 12.7. The first-order valence-corrected chi connectivity index (χ1v) is 5.06. The van der Waals surface area contributed by atoms with Gasteiger partial charge in [0.2, 0.25) is 0 Å². The number of rotatable bonds is 2. The van der Waals surface area contributed by atoms with Crippen molar-refractivity contribution < 1.29 is 9.90 Å². The van der Waals surface area contributed by atoms with Crippen LogP contribution in [0.3, 0.4) is 0 Å². The highest BCUT2D eigenvalue weighted by Crippen LogP contribution is 2.08. The number of hydrogen-bond acceptors (Lipinski definition) is 5. The van der Waals surface area contributed by atoms with E-state index >= 15 is 0 Å². The maximum atomic E-state index is 12.0. The van der Waals surface area contributed by atoms with Crippen LogP contribution in [0.5, 0.6) is 0 Å². The maximum absolute atomic E-state index is 12.0. The van der Waals surface area contributed by atoms with Gasteiger partial charge >= 0.3 is 5.97 Å². The van der Waals surface area contributed by atoms with E-state index in [4.69, 9.17) is 5.11 Å². The summed E-state index contributed by atoms with van der Waals surface area (Å²) < 4.78 is 2.54. The Balaban J connectivity index is 2.35. The Morgan fingerprint density at radius 1 is 1.39 bits per heavy atom. The number of aliphatic carboxylic acids is 1. The molecule has 0 aliphatic heterocycles. The second-order valence-electron chi connectivity index (χ2n) is 3.67. The number of carboxylic acid groups (broad SMARTS) is 1. The Morgan fingerprint density at radius 2 is 2.22 bits per heavy atom. The van der Waals surface area contributed by atoms with Gasteiger partial charge in [0.1, 0.15) is 12.9 Å². The molecule has 0 radical (unpaired) electrons. The second kappa shape index (κ2) is 3.62. The fraction of sp³-hybridized carbons (Fsp3) is 0.100. The van der Waals surface area contributed by atoms with Gasteiger partial charge in [0.15, 0.2) is 0 Å². The number of fused-ring (bicyclic) bond motifs is 3. The number of hydrogen-bond donors (Lipinski definition) is 1. The largest absolute Gasteiger partial charge is 0.480 e. The van der Waals surface area contributed by atoms with E-state index in [1.165, 1.54) is 23.2 Å². The molecule has 0 fully saturated rings. The van der Waals surface area contributed by atoms with Gasteiger partial charge in [-0.15, -0.1) is 0 Å². The molecular formula is C10H7N5O3. The van der Waals surface area contributed by atoms with Crippen molar-refractivity contribution in [2.75, 3.05) is 0 Å². The van der Waals surface area contributed by atoms with Crippen molar-refractivity contribution in [3.05, 3.63) is 35.1 Å². The molecule has 0 aliphatic carbocycles. The maximum Gasteiger partial charge on any atom is 0.323 e.